The number of thiol groups is 1. The van der Waals surface area contributed by atoms with Crippen LogP contribution in [0.5, 0.6) is 0 Å². The van der Waals surface area contributed by atoms with E-state index in [1.54, 1.807) is 0 Å². The molecule has 0 amide bonds. The van der Waals surface area contributed by atoms with E-state index in [4.69, 9.17) is 54.8 Å². The molecule has 16 nitrogen and oxygen atoms in total. The molecule has 202 valence electrons. The molecular weight excluding hydrogens is 476 g/mol. The van der Waals surface area contributed by atoms with Gasteiger partial charge in [0.15, 0.2) is 5.96 Å². The van der Waals surface area contributed by atoms with E-state index in [1.807, 2.05) is 0 Å². The summed E-state index contributed by atoms with van der Waals surface area (Å²) in [6, 6.07) is -2.35. The van der Waals surface area contributed by atoms with Crippen LogP contribution in [0.3, 0.4) is 0 Å². The third kappa shape index (κ3) is 36.7. The van der Waals surface area contributed by atoms with Crippen LogP contribution in [0.15, 0.2) is 4.99 Å². The van der Waals surface area contributed by atoms with Gasteiger partial charge in [-0.05, 0) is 32.2 Å². The van der Waals surface area contributed by atoms with Crippen LogP contribution in [0.2, 0.25) is 0 Å². The van der Waals surface area contributed by atoms with Gasteiger partial charge in [-0.3, -0.25) is 24.2 Å². The Morgan fingerprint density at radius 3 is 1.35 bits per heavy atom. The molecule has 0 bridgehead atoms. The van der Waals surface area contributed by atoms with Crippen LogP contribution in [-0.4, -0.2) is 93.8 Å². The number of aliphatic imine (C=N–C) groups is 1. The van der Waals surface area contributed by atoms with Gasteiger partial charge in [-0.15, -0.1) is 0 Å². The lowest BCUT2D eigenvalue weighted by molar-refractivity contribution is -0.139. The Morgan fingerprint density at radius 2 is 1.12 bits per heavy atom. The summed E-state index contributed by atoms with van der Waals surface area (Å²) in [5.41, 5.74) is 35.3. The van der Waals surface area contributed by atoms with Crippen LogP contribution in [0, 0.1) is 0 Å². The summed E-state index contributed by atoms with van der Waals surface area (Å²) < 4.78 is 0. The molecule has 0 aromatic carbocycles. The van der Waals surface area contributed by atoms with Crippen LogP contribution < -0.4 is 40.1 Å². The van der Waals surface area contributed by atoms with Gasteiger partial charge in [0, 0.05) is 12.3 Å². The first-order chi connectivity index (χ1) is 15.7. The van der Waals surface area contributed by atoms with Crippen molar-refractivity contribution in [3.63, 3.8) is 0 Å². The van der Waals surface area contributed by atoms with Gasteiger partial charge >= 0.3 is 23.9 Å². The maximum Gasteiger partial charge on any atom is 0.321 e. The molecule has 17 heteroatoms. The second kappa shape index (κ2) is 26.6. The molecule has 0 saturated carbocycles. The molecular formula is C17H40N8O8S. The second-order valence-corrected chi connectivity index (χ2v) is 6.71. The normalized spacial score (nSPS) is 11.9. The fourth-order valence-corrected chi connectivity index (χ4v) is 1.51. The summed E-state index contributed by atoms with van der Waals surface area (Å²) >= 11 is 3.65. The molecule has 0 fully saturated rings. The van der Waals surface area contributed by atoms with Crippen molar-refractivity contribution in [2.24, 2.45) is 45.1 Å². The number of hydrogen-bond donors (Lipinski definition) is 12. The molecule has 0 aliphatic carbocycles. The molecule has 0 radical (unpaired) electrons. The van der Waals surface area contributed by atoms with Gasteiger partial charge in [-0.25, -0.2) is 0 Å². The van der Waals surface area contributed by atoms with E-state index in [2.05, 4.69) is 23.4 Å². The van der Waals surface area contributed by atoms with Crippen molar-refractivity contribution in [3.8, 4) is 0 Å². The number of nitrogens with two attached hydrogens (primary N) is 7. The van der Waals surface area contributed by atoms with Crippen molar-refractivity contribution in [3.05, 3.63) is 0 Å². The number of hydrogen-bond acceptors (Lipinski definition) is 11. The Hall–Kier alpha value is -2.70. The molecule has 0 aliphatic rings. The number of nitrogens with zero attached hydrogens (tertiary/aromatic N) is 1. The second-order valence-electron chi connectivity index (χ2n) is 6.35. The Labute approximate surface area is 203 Å². The van der Waals surface area contributed by atoms with E-state index in [1.165, 1.54) is 0 Å². The molecule has 0 rings (SSSR count). The number of carboxylic acids is 4. The van der Waals surface area contributed by atoms with Crippen LogP contribution in [0.1, 0.15) is 32.1 Å². The van der Waals surface area contributed by atoms with E-state index in [9.17, 15) is 19.2 Å². The lowest BCUT2D eigenvalue weighted by atomic mass is 10.1. The van der Waals surface area contributed by atoms with Gasteiger partial charge in [-0.2, -0.15) is 12.6 Å². The standard InChI is InChI=1S/C6H14N4O2.C6H14N2O2.C3H7NO2S.C2H5NO2/c7-4(5(11)12)2-1-3-10-6(8)9;7-4-2-1-3-5(8)6(9)10;4-2(1-7)3(5)6;3-1-2(4)5/h4H,1-3,7H2,(H,11,12)(H4,8,9,10);5H,1-4,7-8H2,(H,9,10);2,7H,1,4H2,(H,5,6);1,3H2,(H,4,5)/t4-;5-;2-;/m000./s1. The monoisotopic (exact) mass is 516 g/mol. The fourth-order valence-electron chi connectivity index (χ4n) is 1.35. The van der Waals surface area contributed by atoms with Gasteiger partial charge < -0.3 is 60.6 Å². The summed E-state index contributed by atoms with van der Waals surface area (Å²) in [6.07, 6.45) is 3.12. The van der Waals surface area contributed by atoms with E-state index < -0.39 is 42.0 Å². The predicted octanol–water partition coefficient (Wildman–Crippen LogP) is -3.66. The van der Waals surface area contributed by atoms with Crippen molar-refractivity contribution >= 4 is 42.5 Å². The molecule has 18 N–H and O–H groups in total. The SMILES string of the molecule is NC(N)=NCCC[C@H](N)C(=O)O.NCC(=O)O.NCCCC[C@H](N)C(=O)O.N[C@@H](CS)C(=O)O. The lowest BCUT2D eigenvalue weighted by Gasteiger charge is -2.03. The van der Waals surface area contributed by atoms with Gasteiger partial charge in [0.2, 0.25) is 0 Å². The van der Waals surface area contributed by atoms with Crippen molar-refractivity contribution in [1.82, 2.24) is 0 Å². The zero-order chi connectivity index (χ0) is 27.7. The fraction of sp³-hybridized carbons (Fsp3) is 0.706. The molecule has 0 aromatic rings. The highest BCUT2D eigenvalue weighted by atomic mass is 32.1. The summed E-state index contributed by atoms with van der Waals surface area (Å²) in [4.78, 5) is 43.0. The van der Waals surface area contributed by atoms with Crippen LogP contribution in [-0.2, 0) is 19.2 Å². The zero-order valence-corrected chi connectivity index (χ0v) is 19.8. The topological polar surface area (TPSA) is 344 Å². The third-order valence-electron chi connectivity index (χ3n) is 3.26. The Kier molecular flexibility index (Phi) is 30.1. The quantitative estimate of drug-likeness (QED) is 0.0485. The largest absolute Gasteiger partial charge is 0.480 e. The predicted molar refractivity (Wildman–Crippen MR) is 130 cm³/mol. The van der Waals surface area contributed by atoms with Crippen molar-refractivity contribution in [2.75, 3.05) is 25.4 Å². The molecule has 0 spiro atoms. The van der Waals surface area contributed by atoms with E-state index in [0.29, 0.717) is 32.4 Å². The number of rotatable bonds is 13. The van der Waals surface area contributed by atoms with E-state index >= 15 is 0 Å². The molecule has 34 heavy (non-hydrogen) atoms. The first-order valence-corrected chi connectivity index (χ1v) is 10.5. The minimum atomic E-state index is -1.00. The van der Waals surface area contributed by atoms with Crippen molar-refractivity contribution in [2.45, 2.75) is 50.2 Å². The highest BCUT2D eigenvalue weighted by Crippen LogP contribution is 1.97. The highest BCUT2D eigenvalue weighted by molar-refractivity contribution is 7.80. The summed E-state index contributed by atoms with van der Waals surface area (Å²) in [6.45, 7) is 0.746. The van der Waals surface area contributed by atoms with Gasteiger partial charge in [0.05, 0.1) is 6.54 Å². The summed E-state index contributed by atoms with van der Waals surface area (Å²) in [5.74, 6) is -3.70. The maximum atomic E-state index is 10.2. The minimum Gasteiger partial charge on any atom is -0.480 e. The molecule has 3 atom stereocenters. The van der Waals surface area contributed by atoms with Gasteiger partial charge in [0.1, 0.15) is 18.1 Å². The minimum absolute atomic E-state index is 0.0129. The number of unbranched alkanes of at least 4 members (excludes halogenated alkanes) is 1. The van der Waals surface area contributed by atoms with Gasteiger partial charge in [0.25, 0.3) is 0 Å². The number of aliphatic carboxylic acids is 4. The number of guanidine groups is 1. The average molecular weight is 517 g/mol. The van der Waals surface area contributed by atoms with E-state index in [0.717, 1.165) is 12.8 Å². The first-order valence-electron chi connectivity index (χ1n) is 9.91. The zero-order valence-electron chi connectivity index (χ0n) is 19.0. The molecule has 0 aliphatic heterocycles. The van der Waals surface area contributed by atoms with Crippen LogP contribution in [0.25, 0.3) is 0 Å². The van der Waals surface area contributed by atoms with Gasteiger partial charge in [-0.1, -0.05) is 6.42 Å². The summed E-state index contributed by atoms with van der Waals surface area (Å²) in [7, 11) is 0. The average Bonchev–Trinajstić information content (AvgIpc) is 2.76. The maximum absolute atomic E-state index is 10.2. The van der Waals surface area contributed by atoms with E-state index in [-0.39, 0.29) is 18.3 Å². The lowest BCUT2D eigenvalue weighted by Crippen LogP contribution is -2.31. The summed E-state index contributed by atoms with van der Waals surface area (Å²) in [5, 5.41) is 32.3. The number of carboxylic acid groups (broad SMARTS) is 4. The molecule has 0 unspecified atom stereocenters. The number of carbonyl (C=O) groups is 4. The Balaban J connectivity index is -0.000000185. The molecule has 0 aromatic heterocycles. The van der Waals surface area contributed by atoms with Crippen LogP contribution in [0.4, 0.5) is 0 Å². The first kappa shape index (κ1) is 38.6. The highest BCUT2D eigenvalue weighted by Gasteiger charge is 2.10. The van der Waals surface area contributed by atoms with Crippen molar-refractivity contribution in [1.29, 1.82) is 0 Å². The molecule has 0 heterocycles. The smallest absolute Gasteiger partial charge is 0.321 e. The van der Waals surface area contributed by atoms with Crippen molar-refractivity contribution < 1.29 is 39.6 Å². The van der Waals surface area contributed by atoms with Crippen LogP contribution >= 0.6 is 12.6 Å². The third-order valence-corrected chi connectivity index (χ3v) is 3.65. The Morgan fingerprint density at radius 1 is 0.735 bits per heavy atom. The Bertz CT molecular complexity index is 594. The molecule has 0 saturated heterocycles.